The van der Waals surface area contributed by atoms with E-state index < -0.39 is 5.97 Å². The number of benzene rings is 1. The normalized spacial score (nSPS) is 17.7. The third-order valence-electron chi connectivity index (χ3n) is 4.38. The Morgan fingerprint density at radius 2 is 2.00 bits per heavy atom. The lowest BCUT2D eigenvalue weighted by atomic mass is 9.97. The lowest BCUT2D eigenvalue weighted by molar-refractivity contribution is -0.137. The first-order chi connectivity index (χ1) is 11.6. The maximum Gasteiger partial charge on any atom is 0.303 e. The highest BCUT2D eigenvalue weighted by atomic mass is 16.4. The van der Waals surface area contributed by atoms with Crippen molar-refractivity contribution in [3.8, 4) is 5.69 Å². The van der Waals surface area contributed by atoms with Crippen molar-refractivity contribution in [1.82, 2.24) is 19.9 Å². The summed E-state index contributed by atoms with van der Waals surface area (Å²) in [6.45, 7) is 0.688. The molecule has 0 spiro atoms. The molecule has 1 atom stereocenters. The van der Waals surface area contributed by atoms with Crippen LogP contribution in [0.1, 0.15) is 42.5 Å². The van der Waals surface area contributed by atoms with E-state index in [0.717, 1.165) is 24.9 Å². The molecule has 24 heavy (non-hydrogen) atoms. The molecule has 0 saturated carbocycles. The number of carboxylic acids is 1. The summed E-state index contributed by atoms with van der Waals surface area (Å²) in [6, 6.07) is 7.23. The summed E-state index contributed by atoms with van der Waals surface area (Å²) in [6.07, 6.45) is 6.82. The Bertz CT molecular complexity index is 697. The summed E-state index contributed by atoms with van der Waals surface area (Å²) in [4.78, 5) is 25.4. The van der Waals surface area contributed by atoms with Crippen molar-refractivity contribution >= 4 is 11.9 Å². The molecule has 7 heteroatoms. The maximum absolute atomic E-state index is 12.8. The first-order valence-corrected chi connectivity index (χ1v) is 8.14. The van der Waals surface area contributed by atoms with Crippen LogP contribution in [0.15, 0.2) is 36.7 Å². The molecule has 126 valence electrons. The predicted molar refractivity (Wildman–Crippen MR) is 86.9 cm³/mol. The van der Waals surface area contributed by atoms with Gasteiger partial charge in [0.15, 0.2) is 0 Å². The summed E-state index contributed by atoms with van der Waals surface area (Å²) >= 11 is 0. The molecule has 0 aliphatic carbocycles. The minimum atomic E-state index is -0.815. The van der Waals surface area contributed by atoms with E-state index in [1.54, 1.807) is 29.2 Å². The highest BCUT2D eigenvalue weighted by Gasteiger charge is 2.27. The van der Waals surface area contributed by atoms with Gasteiger partial charge in [-0.1, -0.05) is 5.21 Å². The van der Waals surface area contributed by atoms with Gasteiger partial charge in [-0.2, -0.15) is 0 Å². The number of hydrogen-bond donors (Lipinski definition) is 1. The molecule has 0 radical (unpaired) electrons. The van der Waals surface area contributed by atoms with Crippen LogP contribution in [-0.4, -0.2) is 49.5 Å². The minimum Gasteiger partial charge on any atom is -0.481 e. The number of nitrogens with zero attached hydrogens (tertiary/aromatic N) is 4. The van der Waals surface area contributed by atoms with Gasteiger partial charge >= 0.3 is 5.97 Å². The number of piperidine rings is 1. The molecule has 1 amide bonds. The van der Waals surface area contributed by atoms with Gasteiger partial charge in [0, 0.05) is 24.6 Å². The summed E-state index contributed by atoms with van der Waals surface area (Å²) in [7, 11) is 0. The predicted octanol–water partition coefficient (Wildman–Crippen LogP) is 2.13. The fourth-order valence-electron chi connectivity index (χ4n) is 3.13. The fraction of sp³-hybridized carbons (Fsp3) is 0.412. The number of carbonyl (C=O) groups excluding carboxylic acids is 1. The molecule has 2 aromatic rings. The summed E-state index contributed by atoms with van der Waals surface area (Å²) < 4.78 is 1.63. The molecule has 2 heterocycles. The average molecular weight is 328 g/mol. The van der Waals surface area contributed by atoms with Crippen LogP contribution in [0, 0.1) is 0 Å². The van der Waals surface area contributed by atoms with E-state index in [1.807, 2.05) is 17.0 Å². The van der Waals surface area contributed by atoms with Crippen molar-refractivity contribution in [2.45, 2.75) is 38.1 Å². The molecule has 1 N–H and O–H groups in total. The lowest BCUT2D eigenvalue weighted by Crippen LogP contribution is -2.43. The Labute approximate surface area is 139 Å². The smallest absolute Gasteiger partial charge is 0.303 e. The standard InChI is InChI=1S/C17H20N4O3/c22-16(23)9-8-14-3-1-2-11-20(14)17(24)13-4-6-15(7-5-13)21-12-10-18-19-21/h4-7,10,12,14H,1-3,8-9,11H2,(H,22,23)/t14-/m1/s1. The first-order valence-electron chi connectivity index (χ1n) is 8.14. The maximum atomic E-state index is 12.8. The quantitative estimate of drug-likeness (QED) is 0.908. The van der Waals surface area contributed by atoms with E-state index in [9.17, 15) is 9.59 Å². The van der Waals surface area contributed by atoms with Gasteiger partial charge in [0.25, 0.3) is 5.91 Å². The van der Waals surface area contributed by atoms with E-state index in [4.69, 9.17) is 5.11 Å². The monoisotopic (exact) mass is 328 g/mol. The van der Waals surface area contributed by atoms with Gasteiger partial charge < -0.3 is 10.0 Å². The van der Waals surface area contributed by atoms with Crippen molar-refractivity contribution in [3.05, 3.63) is 42.2 Å². The van der Waals surface area contributed by atoms with E-state index in [1.165, 1.54) is 0 Å². The largest absolute Gasteiger partial charge is 0.481 e. The Kier molecular flexibility index (Phi) is 4.88. The molecule has 1 aliphatic heterocycles. The van der Waals surface area contributed by atoms with E-state index in [0.29, 0.717) is 18.5 Å². The Morgan fingerprint density at radius 3 is 2.67 bits per heavy atom. The number of carbonyl (C=O) groups is 2. The van der Waals surface area contributed by atoms with Crippen LogP contribution in [0.4, 0.5) is 0 Å². The number of amides is 1. The minimum absolute atomic E-state index is 0.0114. The molecule has 7 nitrogen and oxygen atoms in total. The second kappa shape index (κ2) is 7.25. The number of aromatic nitrogens is 3. The number of aliphatic carboxylic acids is 1. The molecular weight excluding hydrogens is 308 g/mol. The molecule has 1 aromatic heterocycles. The highest BCUT2D eigenvalue weighted by molar-refractivity contribution is 5.94. The Morgan fingerprint density at radius 1 is 1.21 bits per heavy atom. The summed E-state index contributed by atoms with van der Waals surface area (Å²) in [5, 5.41) is 16.6. The van der Waals surface area contributed by atoms with Crippen LogP contribution < -0.4 is 0 Å². The highest BCUT2D eigenvalue weighted by Crippen LogP contribution is 2.23. The average Bonchev–Trinajstić information content (AvgIpc) is 3.14. The van der Waals surface area contributed by atoms with Crippen molar-refractivity contribution in [3.63, 3.8) is 0 Å². The van der Waals surface area contributed by atoms with Crippen molar-refractivity contribution in [2.24, 2.45) is 0 Å². The topological polar surface area (TPSA) is 88.3 Å². The SMILES string of the molecule is O=C(O)CC[C@H]1CCCCN1C(=O)c1ccc(-n2ccnn2)cc1. The second-order valence-corrected chi connectivity index (χ2v) is 5.98. The van der Waals surface area contributed by atoms with Crippen LogP contribution in [0.25, 0.3) is 5.69 Å². The molecule has 0 bridgehead atoms. The number of hydrogen-bond acceptors (Lipinski definition) is 4. The van der Waals surface area contributed by atoms with E-state index in [2.05, 4.69) is 10.3 Å². The third-order valence-corrected chi connectivity index (χ3v) is 4.38. The van der Waals surface area contributed by atoms with Crippen molar-refractivity contribution < 1.29 is 14.7 Å². The number of rotatable bonds is 5. The van der Waals surface area contributed by atoms with E-state index in [-0.39, 0.29) is 18.4 Å². The van der Waals surface area contributed by atoms with Gasteiger partial charge in [0.2, 0.25) is 0 Å². The zero-order valence-electron chi connectivity index (χ0n) is 13.3. The van der Waals surface area contributed by atoms with Crippen molar-refractivity contribution in [2.75, 3.05) is 6.54 Å². The van der Waals surface area contributed by atoms with Gasteiger partial charge in [-0.3, -0.25) is 9.59 Å². The lowest BCUT2D eigenvalue weighted by Gasteiger charge is -2.35. The first kappa shape index (κ1) is 16.2. The summed E-state index contributed by atoms with van der Waals surface area (Å²) in [5.74, 6) is -0.847. The molecule has 0 unspecified atom stereocenters. The third kappa shape index (κ3) is 3.61. The fourth-order valence-corrected chi connectivity index (χ4v) is 3.13. The molecule has 1 aromatic carbocycles. The van der Waals surface area contributed by atoms with Gasteiger partial charge in [0.1, 0.15) is 0 Å². The second-order valence-electron chi connectivity index (χ2n) is 5.98. The van der Waals surface area contributed by atoms with Gasteiger partial charge in [-0.05, 0) is 49.9 Å². The number of likely N-dealkylation sites (tertiary alicyclic amines) is 1. The van der Waals surface area contributed by atoms with Gasteiger partial charge in [0.05, 0.1) is 18.1 Å². The molecule has 1 saturated heterocycles. The molecule has 3 rings (SSSR count). The van der Waals surface area contributed by atoms with E-state index >= 15 is 0 Å². The van der Waals surface area contributed by atoms with Gasteiger partial charge in [-0.15, -0.1) is 5.10 Å². The summed E-state index contributed by atoms with van der Waals surface area (Å²) in [5.41, 5.74) is 1.45. The van der Waals surface area contributed by atoms with Crippen LogP contribution >= 0.6 is 0 Å². The van der Waals surface area contributed by atoms with Crippen molar-refractivity contribution in [1.29, 1.82) is 0 Å². The Balaban J connectivity index is 1.72. The molecule has 1 aliphatic rings. The molecule has 1 fully saturated rings. The van der Waals surface area contributed by atoms with Crippen LogP contribution in [0.2, 0.25) is 0 Å². The van der Waals surface area contributed by atoms with Crippen LogP contribution in [-0.2, 0) is 4.79 Å². The number of carboxylic acid groups (broad SMARTS) is 1. The Hall–Kier alpha value is -2.70. The van der Waals surface area contributed by atoms with Crippen LogP contribution in [0.5, 0.6) is 0 Å². The zero-order chi connectivity index (χ0) is 16.9. The van der Waals surface area contributed by atoms with Crippen LogP contribution in [0.3, 0.4) is 0 Å². The molecular formula is C17H20N4O3. The zero-order valence-corrected chi connectivity index (χ0v) is 13.3. The van der Waals surface area contributed by atoms with Gasteiger partial charge in [-0.25, -0.2) is 4.68 Å².